The van der Waals surface area contributed by atoms with Crippen LogP contribution >= 0.6 is 0 Å². The van der Waals surface area contributed by atoms with Crippen molar-refractivity contribution in [2.75, 3.05) is 21.7 Å². The average molecular weight is 834 g/mol. The maximum Gasteiger partial charge on any atom is 4.00 e. The van der Waals surface area contributed by atoms with Crippen LogP contribution in [0.4, 0.5) is 22.7 Å². The number of hydrogen-bond acceptors (Lipinski definition) is 7. The molecule has 0 fully saturated rings. The summed E-state index contributed by atoms with van der Waals surface area (Å²) in [5.41, 5.74) is 9.22. The van der Waals surface area contributed by atoms with Gasteiger partial charge in [0.05, 0.1) is 0 Å². The molecular formula is C42H34N6OPt. The molecule has 248 valence electrons. The molecule has 2 aromatic heterocycles. The number of rotatable bonds is 7. The number of pyridine rings is 2. The summed E-state index contributed by atoms with van der Waals surface area (Å²) in [7, 11) is 2.10. The van der Waals surface area contributed by atoms with Gasteiger partial charge >= 0.3 is 21.1 Å². The van der Waals surface area contributed by atoms with E-state index in [0.717, 1.165) is 45.0 Å². The second-order valence-electron chi connectivity index (χ2n) is 12.5. The quantitative estimate of drug-likeness (QED) is 0.149. The van der Waals surface area contributed by atoms with Gasteiger partial charge in [-0.25, -0.2) is 0 Å². The predicted octanol–water partition coefficient (Wildman–Crippen LogP) is 9.56. The van der Waals surface area contributed by atoms with Gasteiger partial charge in [-0.15, -0.1) is 54.4 Å². The SMILES string of the molecule is CN1[CH-]N(c2[c-]c(Oc3[c-]c(N4C=CN(c5c(-c6cccnc6)cccc5-c5cccnc5)[CH-]4)ccc3)ccc2)c2ccccc2C1(C)C.[Pt+4]. The van der Waals surface area contributed by atoms with Gasteiger partial charge in [0.25, 0.3) is 0 Å². The van der Waals surface area contributed by atoms with E-state index in [1.807, 2.05) is 72.0 Å². The normalized spacial score (nSPS) is 15.1. The Hall–Kier alpha value is -5.23. The number of hydrogen-bond donors (Lipinski definition) is 0. The number of fused-ring (bicyclic) bond motifs is 1. The maximum absolute atomic E-state index is 6.37. The molecule has 0 aliphatic carbocycles. The average Bonchev–Trinajstić information content (AvgIpc) is 3.64. The van der Waals surface area contributed by atoms with Crippen molar-refractivity contribution in [2.45, 2.75) is 19.4 Å². The summed E-state index contributed by atoms with van der Waals surface area (Å²) in [5.74, 6) is 1.21. The fourth-order valence-corrected chi connectivity index (χ4v) is 6.33. The first-order chi connectivity index (χ1) is 24.0. The van der Waals surface area contributed by atoms with Gasteiger partial charge in [-0.2, -0.15) is 18.8 Å². The van der Waals surface area contributed by atoms with Crippen molar-refractivity contribution in [2.24, 2.45) is 0 Å². The molecule has 4 aromatic carbocycles. The van der Waals surface area contributed by atoms with Gasteiger partial charge in [0.15, 0.2) is 0 Å². The molecule has 0 amide bonds. The van der Waals surface area contributed by atoms with Crippen LogP contribution in [0.5, 0.6) is 11.5 Å². The topological polar surface area (TPSA) is 48.0 Å². The second-order valence-corrected chi connectivity index (χ2v) is 12.5. The minimum absolute atomic E-state index is 0. The van der Waals surface area contributed by atoms with E-state index in [9.17, 15) is 0 Å². The molecule has 0 spiro atoms. The molecule has 2 aliphatic rings. The van der Waals surface area contributed by atoms with E-state index in [0.29, 0.717) is 11.5 Å². The molecule has 8 rings (SSSR count). The summed E-state index contributed by atoms with van der Waals surface area (Å²) in [6, 6.07) is 41.7. The molecule has 0 unspecified atom stereocenters. The summed E-state index contributed by atoms with van der Waals surface area (Å²) >= 11 is 0. The van der Waals surface area contributed by atoms with Crippen molar-refractivity contribution in [1.29, 1.82) is 0 Å². The largest absolute Gasteiger partial charge is 4.00 e. The summed E-state index contributed by atoms with van der Waals surface area (Å²) in [6.07, 6.45) is 11.5. The third kappa shape index (κ3) is 6.31. The van der Waals surface area contributed by atoms with Crippen LogP contribution in [-0.2, 0) is 26.6 Å². The summed E-state index contributed by atoms with van der Waals surface area (Å²) in [4.78, 5) is 17.3. The molecule has 0 bridgehead atoms. The van der Waals surface area contributed by atoms with Gasteiger partial charge in [0, 0.05) is 75.5 Å². The van der Waals surface area contributed by atoms with Crippen molar-refractivity contribution in [3.05, 3.63) is 171 Å². The Labute approximate surface area is 308 Å². The maximum atomic E-state index is 6.37. The number of aromatic nitrogens is 2. The summed E-state index contributed by atoms with van der Waals surface area (Å²) < 4.78 is 6.37. The molecule has 2 aliphatic heterocycles. The Morgan fingerprint density at radius 1 is 0.640 bits per heavy atom. The van der Waals surface area contributed by atoms with E-state index in [-0.39, 0.29) is 26.6 Å². The molecular weight excluding hydrogens is 800 g/mol. The van der Waals surface area contributed by atoms with Crippen LogP contribution in [0.2, 0.25) is 0 Å². The van der Waals surface area contributed by atoms with Gasteiger partial charge < -0.3 is 24.3 Å². The molecule has 4 heterocycles. The standard InChI is InChI=1S/C42H34N6O.Pt/c1-42(2)39-19-4-5-20-40(39)48(29-45(42)3)34-14-7-16-36(26-34)49-35-15-6-13-33(25-35)46-23-24-47(30-46)41-37(31-11-9-21-43-27-31)17-8-18-38(41)32-12-10-22-44-28-32;/h4-24,27-30H,1-3H3;/q-4;+4. The smallest absolute Gasteiger partial charge is 0.509 e. The van der Waals surface area contributed by atoms with E-state index in [1.165, 1.54) is 5.56 Å². The van der Waals surface area contributed by atoms with Gasteiger partial charge in [0.1, 0.15) is 0 Å². The Bertz CT molecular complexity index is 2080. The van der Waals surface area contributed by atoms with Crippen molar-refractivity contribution < 1.29 is 25.8 Å². The summed E-state index contributed by atoms with van der Waals surface area (Å²) in [6.45, 7) is 8.64. The van der Waals surface area contributed by atoms with Crippen LogP contribution < -0.4 is 19.4 Å². The van der Waals surface area contributed by atoms with Crippen LogP contribution in [0.15, 0.2) is 140 Å². The zero-order chi connectivity index (χ0) is 33.4. The molecule has 7 nitrogen and oxygen atoms in total. The second kappa shape index (κ2) is 13.9. The van der Waals surface area contributed by atoms with E-state index < -0.39 is 0 Å². The van der Waals surface area contributed by atoms with Gasteiger partial charge in [0.2, 0.25) is 0 Å². The first-order valence-corrected chi connectivity index (χ1v) is 16.2. The van der Waals surface area contributed by atoms with Gasteiger partial charge in [-0.3, -0.25) is 9.97 Å². The fraction of sp³-hybridized carbons (Fsp3) is 0.0952. The molecule has 0 saturated carbocycles. The Balaban J connectivity index is 0.00000392. The number of benzene rings is 4. The van der Waals surface area contributed by atoms with Crippen molar-refractivity contribution in [3.8, 4) is 33.8 Å². The van der Waals surface area contributed by atoms with E-state index in [4.69, 9.17) is 4.74 Å². The zero-order valence-electron chi connectivity index (χ0n) is 27.8. The predicted molar refractivity (Wildman–Crippen MR) is 196 cm³/mol. The van der Waals surface area contributed by atoms with Crippen LogP contribution in [0.25, 0.3) is 22.3 Å². The minimum atomic E-state index is -0.131. The number of para-hydroxylation sites is 2. The monoisotopic (exact) mass is 833 g/mol. The zero-order valence-corrected chi connectivity index (χ0v) is 30.1. The van der Waals surface area contributed by atoms with Gasteiger partial charge in [-0.05, 0) is 57.1 Å². The molecule has 0 atom stereocenters. The van der Waals surface area contributed by atoms with Crippen molar-refractivity contribution in [3.63, 3.8) is 0 Å². The molecule has 6 aromatic rings. The van der Waals surface area contributed by atoms with Gasteiger partial charge in [-0.1, -0.05) is 48.5 Å². The first kappa shape index (κ1) is 33.3. The van der Waals surface area contributed by atoms with Crippen LogP contribution in [0, 0.1) is 25.5 Å². The molecule has 0 saturated heterocycles. The van der Waals surface area contributed by atoms with Crippen LogP contribution in [-0.4, -0.2) is 21.9 Å². The number of ether oxygens (including phenoxy) is 1. The number of anilines is 4. The summed E-state index contributed by atoms with van der Waals surface area (Å²) in [5, 5.41) is 0. The third-order valence-electron chi connectivity index (χ3n) is 9.13. The first-order valence-electron chi connectivity index (χ1n) is 16.2. The van der Waals surface area contributed by atoms with E-state index in [1.54, 1.807) is 12.4 Å². The van der Waals surface area contributed by atoms with Crippen molar-refractivity contribution in [1.82, 2.24) is 14.9 Å². The Kier molecular flexibility index (Phi) is 9.28. The number of nitrogens with zero attached hydrogens (tertiary/aromatic N) is 6. The molecule has 0 N–H and O–H groups in total. The van der Waals surface area contributed by atoms with E-state index >= 15 is 0 Å². The molecule has 50 heavy (non-hydrogen) atoms. The minimum Gasteiger partial charge on any atom is -0.509 e. The molecule has 8 heteroatoms. The Morgan fingerprint density at radius 2 is 1.24 bits per heavy atom. The van der Waals surface area contributed by atoms with E-state index in [2.05, 4.69) is 132 Å². The fourth-order valence-electron chi connectivity index (χ4n) is 6.33. The third-order valence-corrected chi connectivity index (χ3v) is 9.13. The van der Waals surface area contributed by atoms with Crippen LogP contribution in [0.3, 0.4) is 0 Å². The molecule has 0 radical (unpaired) electrons. The van der Waals surface area contributed by atoms with Crippen molar-refractivity contribution >= 4 is 22.7 Å². The Morgan fingerprint density at radius 3 is 1.90 bits per heavy atom. The van der Waals surface area contributed by atoms with Crippen LogP contribution in [0.1, 0.15) is 19.4 Å².